The first-order valence-corrected chi connectivity index (χ1v) is 7.92. The first-order chi connectivity index (χ1) is 10.6. The Bertz CT molecular complexity index is 504. The molecule has 1 aromatic rings. The van der Waals surface area contributed by atoms with Crippen molar-refractivity contribution < 1.29 is 9.90 Å². The number of carbonyl (C=O) groups is 1. The number of benzene rings is 1. The molecule has 6 nitrogen and oxygen atoms in total. The summed E-state index contributed by atoms with van der Waals surface area (Å²) in [5, 5.41) is 12.7. The van der Waals surface area contributed by atoms with Crippen molar-refractivity contribution in [2.24, 2.45) is 5.92 Å². The molecule has 0 bridgehead atoms. The molecule has 6 heteroatoms. The lowest BCUT2D eigenvalue weighted by atomic mass is 9.75. The van der Waals surface area contributed by atoms with Gasteiger partial charge in [-0.3, -0.25) is 4.79 Å². The summed E-state index contributed by atoms with van der Waals surface area (Å²) in [5.74, 6) is 0.337. The van der Waals surface area contributed by atoms with E-state index in [4.69, 9.17) is 0 Å². The second kappa shape index (κ2) is 6.75. The van der Waals surface area contributed by atoms with Crippen molar-refractivity contribution >= 4 is 5.91 Å². The summed E-state index contributed by atoms with van der Waals surface area (Å²) in [4.78, 5) is 12.5. The Morgan fingerprint density at radius 3 is 2.64 bits per heavy atom. The zero-order chi connectivity index (χ0) is 15.5. The fourth-order valence-electron chi connectivity index (χ4n) is 3.17. The monoisotopic (exact) mass is 304 g/mol. The molecule has 22 heavy (non-hydrogen) atoms. The third-order valence-electron chi connectivity index (χ3n) is 4.65. The summed E-state index contributed by atoms with van der Waals surface area (Å²) < 4.78 is 0. The van der Waals surface area contributed by atoms with E-state index in [9.17, 15) is 9.90 Å². The van der Waals surface area contributed by atoms with Crippen molar-refractivity contribution in [2.75, 3.05) is 0 Å². The van der Waals surface area contributed by atoms with E-state index in [0.29, 0.717) is 5.92 Å². The van der Waals surface area contributed by atoms with Gasteiger partial charge in [0.2, 0.25) is 5.91 Å². The summed E-state index contributed by atoms with van der Waals surface area (Å²) in [6.45, 7) is 1.95. The first-order valence-electron chi connectivity index (χ1n) is 7.92. The van der Waals surface area contributed by atoms with Gasteiger partial charge in [0.15, 0.2) is 0 Å². The van der Waals surface area contributed by atoms with Crippen LogP contribution in [0.4, 0.5) is 0 Å². The molecule has 0 spiro atoms. The van der Waals surface area contributed by atoms with Gasteiger partial charge in [-0.25, -0.2) is 10.9 Å². The molecular formula is C16H24N4O2. The standard InChI is InChI=1S/C16H24N4O2/c1-10-15(19-20-18-10)16(22)17-14(12-8-13(21)9-12)7-11-5-3-2-4-6-11/h2-6,10,12-15,18-21H,7-9H2,1H3,(H,17,22). The van der Waals surface area contributed by atoms with Crippen LogP contribution in [0.3, 0.4) is 0 Å². The summed E-state index contributed by atoms with van der Waals surface area (Å²) >= 11 is 0. The van der Waals surface area contributed by atoms with E-state index in [1.54, 1.807) is 0 Å². The molecule has 3 rings (SSSR count). The molecule has 5 N–H and O–H groups in total. The quantitative estimate of drug-likeness (QED) is 0.523. The summed E-state index contributed by atoms with van der Waals surface area (Å²) in [5.41, 5.74) is 9.91. The third-order valence-corrected chi connectivity index (χ3v) is 4.65. The Kier molecular flexibility index (Phi) is 4.73. The SMILES string of the molecule is CC1NNNC1C(=O)NC(Cc1ccccc1)C1CC(O)C1. The molecule has 120 valence electrons. The van der Waals surface area contributed by atoms with E-state index < -0.39 is 0 Å². The number of hydrogen-bond donors (Lipinski definition) is 5. The summed E-state index contributed by atoms with van der Waals surface area (Å²) in [6, 6.07) is 9.98. The van der Waals surface area contributed by atoms with Crippen LogP contribution in [-0.2, 0) is 11.2 Å². The van der Waals surface area contributed by atoms with Gasteiger partial charge in [0.05, 0.1) is 6.10 Å². The van der Waals surface area contributed by atoms with Crippen molar-refractivity contribution in [3.63, 3.8) is 0 Å². The second-order valence-electron chi connectivity index (χ2n) is 6.37. The number of rotatable bonds is 5. The van der Waals surface area contributed by atoms with E-state index in [1.807, 2.05) is 25.1 Å². The molecule has 2 fully saturated rings. The van der Waals surface area contributed by atoms with Crippen LogP contribution in [-0.4, -0.2) is 35.2 Å². The van der Waals surface area contributed by atoms with Crippen LogP contribution in [0, 0.1) is 5.92 Å². The number of carbonyl (C=O) groups excluding carboxylic acids is 1. The zero-order valence-corrected chi connectivity index (χ0v) is 12.8. The number of amides is 1. The van der Waals surface area contributed by atoms with Crippen LogP contribution in [0.2, 0.25) is 0 Å². The fourth-order valence-corrected chi connectivity index (χ4v) is 3.17. The molecule has 1 aliphatic carbocycles. The predicted octanol–water partition coefficient (Wildman–Crippen LogP) is -0.146. The topological polar surface area (TPSA) is 85.4 Å². The molecule has 1 heterocycles. The van der Waals surface area contributed by atoms with Gasteiger partial charge in [-0.15, -0.1) is 0 Å². The largest absolute Gasteiger partial charge is 0.393 e. The molecule has 3 atom stereocenters. The minimum Gasteiger partial charge on any atom is -0.393 e. The van der Waals surface area contributed by atoms with Crippen molar-refractivity contribution in [1.82, 2.24) is 21.7 Å². The van der Waals surface area contributed by atoms with Crippen molar-refractivity contribution in [2.45, 2.75) is 50.4 Å². The van der Waals surface area contributed by atoms with Gasteiger partial charge in [-0.05, 0) is 37.7 Å². The van der Waals surface area contributed by atoms with Gasteiger partial charge >= 0.3 is 0 Å². The van der Waals surface area contributed by atoms with Crippen molar-refractivity contribution in [1.29, 1.82) is 0 Å². The van der Waals surface area contributed by atoms with E-state index in [-0.39, 0.29) is 30.1 Å². The lowest BCUT2D eigenvalue weighted by molar-refractivity contribution is -0.125. The molecule has 1 saturated heterocycles. The van der Waals surface area contributed by atoms with Gasteiger partial charge in [-0.2, -0.15) is 5.53 Å². The smallest absolute Gasteiger partial charge is 0.240 e. The molecular weight excluding hydrogens is 280 g/mol. The van der Waals surface area contributed by atoms with Crippen LogP contribution in [0.1, 0.15) is 25.3 Å². The first kappa shape index (κ1) is 15.4. The van der Waals surface area contributed by atoms with Crippen LogP contribution in [0.5, 0.6) is 0 Å². The molecule has 0 aromatic heterocycles. The lowest BCUT2D eigenvalue weighted by Crippen LogP contribution is -2.54. The minimum atomic E-state index is -0.289. The molecule has 1 saturated carbocycles. The van der Waals surface area contributed by atoms with Gasteiger partial charge in [0.1, 0.15) is 6.04 Å². The van der Waals surface area contributed by atoms with E-state index in [0.717, 1.165) is 19.3 Å². The Balaban J connectivity index is 1.64. The molecule has 2 aliphatic rings. The molecule has 3 unspecified atom stereocenters. The maximum Gasteiger partial charge on any atom is 0.240 e. The minimum absolute atomic E-state index is 0.00711. The van der Waals surface area contributed by atoms with Crippen LogP contribution in [0.25, 0.3) is 0 Å². The number of aliphatic hydroxyl groups excluding tert-OH is 1. The van der Waals surface area contributed by atoms with Crippen molar-refractivity contribution in [3.8, 4) is 0 Å². The highest BCUT2D eigenvalue weighted by Gasteiger charge is 2.37. The molecule has 1 aliphatic heterocycles. The van der Waals surface area contributed by atoms with Crippen LogP contribution >= 0.6 is 0 Å². The predicted molar refractivity (Wildman–Crippen MR) is 83.5 cm³/mol. The number of nitrogens with one attached hydrogen (secondary N) is 4. The third kappa shape index (κ3) is 3.47. The van der Waals surface area contributed by atoms with Gasteiger partial charge < -0.3 is 10.4 Å². The molecule has 1 amide bonds. The molecule has 1 aromatic carbocycles. The lowest BCUT2D eigenvalue weighted by Gasteiger charge is -2.38. The second-order valence-corrected chi connectivity index (χ2v) is 6.37. The Labute approximate surface area is 130 Å². The van der Waals surface area contributed by atoms with Gasteiger partial charge in [0.25, 0.3) is 0 Å². The van der Waals surface area contributed by atoms with E-state index in [2.05, 4.69) is 33.8 Å². The summed E-state index contributed by atoms with van der Waals surface area (Å²) in [6.07, 6.45) is 2.11. The van der Waals surface area contributed by atoms with E-state index >= 15 is 0 Å². The number of hydrogen-bond acceptors (Lipinski definition) is 5. The van der Waals surface area contributed by atoms with Gasteiger partial charge in [-0.1, -0.05) is 30.3 Å². The average Bonchev–Trinajstić information content (AvgIpc) is 2.91. The highest BCUT2D eigenvalue weighted by molar-refractivity contribution is 5.83. The van der Waals surface area contributed by atoms with E-state index in [1.165, 1.54) is 5.56 Å². The highest BCUT2D eigenvalue weighted by atomic mass is 16.3. The highest BCUT2D eigenvalue weighted by Crippen LogP contribution is 2.31. The van der Waals surface area contributed by atoms with Crippen LogP contribution < -0.4 is 21.7 Å². The zero-order valence-electron chi connectivity index (χ0n) is 12.8. The Morgan fingerprint density at radius 2 is 2.05 bits per heavy atom. The molecule has 0 radical (unpaired) electrons. The maximum absolute atomic E-state index is 12.5. The number of hydrazine groups is 2. The fraction of sp³-hybridized carbons (Fsp3) is 0.562. The number of aliphatic hydroxyl groups is 1. The van der Waals surface area contributed by atoms with Crippen LogP contribution in [0.15, 0.2) is 30.3 Å². The Morgan fingerprint density at radius 1 is 1.32 bits per heavy atom. The van der Waals surface area contributed by atoms with Crippen molar-refractivity contribution in [3.05, 3.63) is 35.9 Å². The Hall–Kier alpha value is -1.47. The average molecular weight is 304 g/mol. The summed E-state index contributed by atoms with van der Waals surface area (Å²) in [7, 11) is 0. The maximum atomic E-state index is 12.5. The normalized spacial score (nSPS) is 32.3. The van der Waals surface area contributed by atoms with Gasteiger partial charge in [0, 0.05) is 12.1 Å².